The summed E-state index contributed by atoms with van der Waals surface area (Å²) >= 11 is 0. The zero-order valence-electron chi connectivity index (χ0n) is 8.77. The molecule has 1 rings (SSSR count). The van der Waals surface area contributed by atoms with E-state index in [9.17, 15) is 5.11 Å². The Morgan fingerprint density at radius 3 is 2.57 bits per heavy atom. The molecular formula is C11H18N2O. The van der Waals surface area contributed by atoms with Crippen LogP contribution in [0, 0.1) is 0 Å². The summed E-state index contributed by atoms with van der Waals surface area (Å²) < 4.78 is 0. The summed E-state index contributed by atoms with van der Waals surface area (Å²) in [7, 11) is 0. The number of hydrogen-bond donors (Lipinski definition) is 2. The van der Waals surface area contributed by atoms with Gasteiger partial charge >= 0.3 is 0 Å². The fraction of sp³-hybridized carbons (Fsp3) is 0.545. The molecule has 0 saturated heterocycles. The molecule has 0 aliphatic carbocycles. The van der Waals surface area contributed by atoms with E-state index < -0.39 is 0 Å². The quantitative estimate of drug-likeness (QED) is 0.734. The Kier molecular flexibility index (Phi) is 4.56. The summed E-state index contributed by atoms with van der Waals surface area (Å²) in [5.74, 6) is 0. The molecule has 1 heterocycles. The van der Waals surface area contributed by atoms with Gasteiger partial charge in [-0.25, -0.2) is 0 Å². The number of rotatable bonds is 5. The topological polar surface area (TPSA) is 45.1 Å². The number of aromatic nitrogens is 1. The fourth-order valence-electron chi connectivity index (χ4n) is 1.16. The van der Waals surface area contributed by atoms with Gasteiger partial charge in [-0.1, -0.05) is 0 Å². The highest BCUT2D eigenvalue weighted by Crippen LogP contribution is 1.97. The van der Waals surface area contributed by atoms with Crippen LogP contribution in [0.4, 0.5) is 0 Å². The lowest BCUT2D eigenvalue weighted by Crippen LogP contribution is -2.36. The standard InChI is InChI=1S/C11H18N2O/c1-9(10(2)14)13-8-5-11-3-6-12-7-4-11/h3-4,6-7,9-10,13-14H,5,8H2,1-2H3. The number of nitrogens with one attached hydrogen (secondary N) is 1. The molecule has 2 unspecified atom stereocenters. The molecule has 0 saturated carbocycles. The Morgan fingerprint density at radius 2 is 2.00 bits per heavy atom. The van der Waals surface area contributed by atoms with Gasteiger partial charge in [0, 0.05) is 18.4 Å². The van der Waals surface area contributed by atoms with Gasteiger partial charge < -0.3 is 10.4 Å². The van der Waals surface area contributed by atoms with E-state index in [4.69, 9.17) is 0 Å². The van der Waals surface area contributed by atoms with Crippen molar-refractivity contribution in [3.05, 3.63) is 30.1 Å². The number of aliphatic hydroxyl groups is 1. The average Bonchev–Trinajstić information content (AvgIpc) is 2.19. The maximum atomic E-state index is 9.25. The van der Waals surface area contributed by atoms with Crippen molar-refractivity contribution in [2.24, 2.45) is 0 Å². The Labute approximate surface area is 85.2 Å². The molecule has 0 spiro atoms. The summed E-state index contributed by atoms with van der Waals surface area (Å²) in [6, 6.07) is 4.17. The Bertz CT molecular complexity index is 249. The van der Waals surface area contributed by atoms with Gasteiger partial charge in [-0.05, 0) is 44.5 Å². The minimum Gasteiger partial charge on any atom is -0.392 e. The van der Waals surface area contributed by atoms with Gasteiger partial charge in [-0.15, -0.1) is 0 Å². The maximum absolute atomic E-state index is 9.25. The van der Waals surface area contributed by atoms with Gasteiger partial charge in [0.05, 0.1) is 6.10 Å². The Morgan fingerprint density at radius 1 is 1.36 bits per heavy atom. The first-order valence-electron chi connectivity index (χ1n) is 5.00. The lowest BCUT2D eigenvalue weighted by atomic mass is 10.1. The highest BCUT2D eigenvalue weighted by Gasteiger charge is 2.06. The lowest BCUT2D eigenvalue weighted by molar-refractivity contribution is 0.153. The lowest BCUT2D eigenvalue weighted by Gasteiger charge is -2.16. The minimum atomic E-state index is -0.299. The molecule has 1 aromatic rings. The highest BCUT2D eigenvalue weighted by atomic mass is 16.3. The molecule has 2 N–H and O–H groups in total. The normalized spacial score (nSPS) is 15.1. The molecule has 0 fully saturated rings. The van der Waals surface area contributed by atoms with E-state index in [1.807, 2.05) is 19.1 Å². The summed E-state index contributed by atoms with van der Waals surface area (Å²) in [4.78, 5) is 3.96. The second-order valence-corrected chi connectivity index (χ2v) is 3.59. The second kappa shape index (κ2) is 5.73. The van der Waals surface area contributed by atoms with Crippen molar-refractivity contribution in [3.63, 3.8) is 0 Å². The summed E-state index contributed by atoms with van der Waals surface area (Å²) in [5.41, 5.74) is 1.27. The molecule has 3 heteroatoms. The van der Waals surface area contributed by atoms with Crippen molar-refractivity contribution >= 4 is 0 Å². The van der Waals surface area contributed by atoms with Crippen molar-refractivity contribution < 1.29 is 5.11 Å². The van der Waals surface area contributed by atoms with E-state index in [1.54, 1.807) is 19.3 Å². The molecule has 0 amide bonds. The molecule has 0 aliphatic heterocycles. The van der Waals surface area contributed by atoms with E-state index in [-0.39, 0.29) is 12.1 Å². The summed E-state index contributed by atoms with van der Waals surface area (Å²) in [6.07, 6.45) is 4.27. The second-order valence-electron chi connectivity index (χ2n) is 3.59. The predicted octanol–water partition coefficient (Wildman–Crippen LogP) is 0.983. The Hall–Kier alpha value is -0.930. The van der Waals surface area contributed by atoms with Crippen LogP contribution >= 0.6 is 0 Å². The van der Waals surface area contributed by atoms with Crippen LogP contribution in [0.15, 0.2) is 24.5 Å². The van der Waals surface area contributed by atoms with Crippen LogP contribution in [0.5, 0.6) is 0 Å². The molecule has 1 aromatic heterocycles. The van der Waals surface area contributed by atoms with Gasteiger partial charge in [0.15, 0.2) is 0 Å². The van der Waals surface area contributed by atoms with Gasteiger partial charge in [-0.3, -0.25) is 4.98 Å². The predicted molar refractivity (Wildman–Crippen MR) is 57.1 cm³/mol. The van der Waals surface area contributed by atoms with Gasteiger partial charge in [0.25, 0.3) is 0 Å². The molecule has 0 aliphatic rings. The average molecular weight is 194 g/mol. The smallest absolute Gasteiger partial charge is 0.0662 e. The number of aliphatic hydroxyl groups excluding tert-OH is 1. The molecule has 0 aromatic carbocycles. The van der Waals surface area contributed by atoms with Gasteiger partial charge in [-0.2, -0.15) is 0 Å². The molecule has 0 radical (unpaired) electrons. The van der Waals surface area contributed by atoms with Crippen LogP contribution in [0.1, 0.15) is 19.4 Å². The Balaban J connectivity index is 2.22. The zero-order chi connectivity index (χ0) is 10.4. The van der Waals surface area contributed by atoms with E-state index in [1.165, 1.54) is 5.56 Å². The van der Waals surface area contributed by atoms with Crippen molar-refractivity contribution in [1.29, 1.82) is 0 Å². The molecule has 0 bridgehead atoms. The molecular weight excluding hydrogens is 176 g/mol. The minimum absolute atomic E-state index is 0.150. The number of pyridine rings is 1. The third-order valence-corrected chi connectivity index (χ3v) is 2.35. The first-order chi connectivity index (χ1) is 6.70. The van der Waals surface area contributed by atoms with Crippen LogP contribution in [0.2, 0.25) is 0 Å². The van der Waals surface area contributed by atoms with Gasteiger partial charge in [0.2, 0.25) is 0 Å². The van der Waals surface area contributed by atoms with E-state index in [0.717, 1.165) is 13.0 Å². The van der Waals surface area contributed by atoms with E-state index >= 15 is 0 Å². The maximum Gasteiger partial charge on any atom is 0.0662 e. The van der Waals surface area contributed by atoms with Crippen LogP contribution in [-0.2, 0) is 6.42 Å². The van der Waals surface area contributed by atoms with Gasteiger partial charge in [0.1, 0.15) is 0 Å². The van der Waals surface area contributed by atoms with Crippen LogP contribution in [0.3, 0.4) is 0 Å². The SMILES string of the molecule is CC(O)C(C)NCCc1ccncc1. The third-order valence-electron chi connectivity index (χ3n) is 2.35. The van der Waals surface area contributed by atoms with E-state index in [2.05, 4.69) is 10.3 Å². The first-order valence-corrected chi connectivity index (χ1v) is 5.00. The van der Waals surface area contributed by atoms with Crippen LogP contribution in [-0.4, -0.2) is 28.8 Å². The van der Waals surface area contributed by atoms with E-state index in [0.29, 0.717) is 0 Å². The number of hydrogen-bond acceptors (Lipinski definition) is 3. The molecule has 14 heavy (non-hydrogen) atoms. The third kappa shape index (κ3) is 3.85. The fourth-order valence-corrected chi connectivity index (χ4v) is 1.16. The summed E-state index contributed by atoms with van der Waals surface area (Å²) in [5, 5.41) is 12.5. The van der Waals surface area contributed by atoms with Crippen molar-refractivity contribution in [2.45, 2.75) is 32.4 Å². The van der Waals surface area contributed by atoms with Crippen LogP contribution < -0.4 is 5.32 Å². The van der Waals surface area contributed by atoms with Crippen molar-refractivity contribution in [1.82, 2.24) is 10.3 Å². The summed E-state index contributed by atoms with van der Waals surface area (Å²) in [6.45, 7) is 4.66. The molecule has 2 atom stereocenters. The monoisotopic (exact) mass is 194 g/mol. The van der Waals surface area contributed by atoms with Crippen molar-refractivity contribution in [3.8, 4) is 0 Å². The molecule has 78 valence electrons. The number of nitrogens with zero attached hydrogens (tertiary/aromatic N) is 1. The van der Waals surface area contributed by atoms with Crippen LogP contribution in [0.25, 0.3) is 0 Å². The highest BCUT2D eigenvalue weighted by molar-refractivity contribution is 5.09. The zero-order valence-corrected chi connectivity index (χ0v) is 8.77. The first kappa shape index (κ1) is 11.1. The van der Waals surface area contributed by atoms with Crippen molar-refractivity contribution in [2.75, 3.05) is 6.54 Å². The largest absolute Gasteiger partial charge is 0.392 e. The molecule has 3 nitrogen and oxygen atoms in total.